The molecule has 1 aromatic rings. The van der Waals surface area contributed by atoms with Crippen molar-refractivity contribution in [2.75, 3.05) is 0 Å². The smallest absolute Gasteiger partial charge is 0.328 e. The quantitative estimate of drug-likeness (QED) is 0.829. The molecule has 2 nitrogen and oxygen atoms in total. The van der Waals surface area contributed by atoms with Crippen LogP contribution >= 0.6 is 15.9 Å². The summed E-state index contributed by atoms with van der Waals surface area (Å²) >= 11 is 3.05. The Bertz CT molecular complexity index is 399. The Morgan fingerprint density at radius 2 is 2.21 bits per heavy atom. The summed E-state index contributed by atoms with van der Waals surface area (Å²) in [5.41, 5.74) is 1.26. The first-order chi connectivity index (χ1) is 6.50. The molecule has 4 heteroatoms. The zero-order valence-electron chi connectivity index (χ0n) is 7.42. The lowest BCUT2D eigenvalue weighted by molar-refractivity contribution is -0.131. The fraction of sp³-hybridized carbons (Fsp3) is 0.100. The largest absolute Gasteiger partial charge is 0.478 e. The third kappa shape index (κ3) is 2.67. The van der Waals surface area contributed by atoms with E-state index in [0.29, 0.717) is 5.56 Å². The molecule has 0 saturated carbocycles. The Kier molecular flexibility index (Phi) is 3.41. The van der Waals surface area contributed by atoms with E-state index in [0.717, 1.165) is 11.6 Å². The zero-order chi connectivity index (χ0) is 10.7. The third-order valence-electron chi connectivity index (χ3n) is 1.61. The number of benzene rings is 1. The summed E-state index contributed by atoms with van der Waals surface area (Å²) in [6.45, 7) is 1.74. The van der Waals surface area contributed by atoms with E-state index in [1.165, 1.54) is 12.1 Å². The van der Waals surface area contributed by atoms with Gasteiger partial charge in [0.05, 0.1) is 4.47 Å². The molecule has 0 saturated heterocycles. The molecule has 0 unspecified atom stereocenters. The number of carboxylic acid groups (broad SMARTS) is 1. The fourth-order valence-corrected chi connectivity index (χ4v) is 1.39. The number of carboxylic acids is 1. The van der Waals surface area contributed by atoms with E-state index in [4.69, 9.17) is 5.11 Å². The Balaban J connectivity index is 3.14. The van der Waals surface area contributed by atoms with Gasteiger partial charge in [-0.3, -0.25) is 0 Å². The van der Waals surface area contributed by atoms with Gasteiger partial charge in [-0.25, -0.2) is 9.18 Å². The van der Waals surface area contributed by atoms with Crippen LogP contribution in [0.3, 0.4) is 0 Å². The molecule has 0 aliphatic heterocycles. The van der Waals surface area contributed by atoms with Crippen LogP contribution in [0.2, 0.25) is 0 Å². The standard InChI is InChI=1S/C10H8BrFO2/c1-6-4-7(2-3-9(13)14)10(11)8(12)5-6/h2-5H,1H3,(H,13,14)/b3-2+. The van der Waals surface area contributed by atoms with Crippen molar-refractivity contribution in [3.05, 3.63) is 39.6 Å². The number of hydrogen-bond donors (Lipinski definition) is 1. The second-order valence-electron chi connectivity index (χ2n) is 2.82. The van der Waals surface area contributed by atoms with Crippen molar-refractivity contribution in [1.82, 2.24) is 0 Å². The Hall–Kier alpha value is -1.16. The van der Waals surface area contributed by atoms with Crippen molar-refractivity contribution in [3.63, 3.8) is 0 Å². The molecule has 0 radical (unpaired) electrons. The summed E-state index contributed by atoms with van der Waals surface area (Å²) in [7, 11) is 0. The van der Waals surface area contributed by atoms with E-state index in [9.17, 15) is 9.18 Å². The normalized spacial score (nSPS) is 10.8. The maximum Gasteiger partial charge on any atom is 0.328 e. The minimum atomic E-state index is -1.06. The van der Waals surface area contributed by atoms with Crippen LogP contribution in [-0.2, 0) is 4.79 Å². The van der Waals surface area contributed by atoms with Crippen molar-refractivity contribution in [2.24, 2.45) is 0 Å². The third-order valence-corrected chi connectivity index (χ3v) is 2.44. The van der Waals surface area contributed by atoms with Crippen molar-refractivity contribution in [1.29, 1.82) is 0 Å². The average Bonchev–Trinajstić information content (AvgIpc) is 2.08. The van der Waals surface area contributed by atoms with Crippen LogP contribution in [0.5, 0.6) is 0 Å². The Morgan fingerprint density at radius 3 is 2.79 bits per heavy atom. The Labute approximate surface area is 89.2 Å². The molecule has 0 bridgehead atoms. The number of halogens is 2. The second kappa shape index (κ2) is 4.37. The summed E-state index contributed by atoms with van der Waals surface area (Å²) in [4.78, 5) is 10.3. The van der Waals surface area contributed by atoms with Gasteiger partial charge >= 0.3 is 5.97 Å². The molecule has 0 amide bonds. The molecule has 0 fully saturated rings. The van der Waals surface area contributed by atoms with E-state index < -0.39 is 11.8 Å². The fourth-order valence-electron chi connectivity index (χ4n) is 1.03. The number of rotatable bonds is 2. The summed E-state index contributed by atoms with van der Waals surface area (Å²) in [5, 5.41) is 8.41. The van der Waals surface area contributed by atoms with Gasteiger partial charge in [-0.1, -0.05) is 6.07 Å². The lowest BCUT2D eigenvalue weighted by Gasteiger charge is -2.01. The first kappa shape index (κ1) is 10.9. The van der Waals surface area contributed by atoms with Crippen LogP contribution in [0.1, 0.15) is 11.1 Å². The van der Waals surface area contributed by atoms with Crippen molar-refractivity contribution in [2.45, 2.75) is 6.92 Å². The van der Waals surface area contributed by atoms with Crippen LogP contribution in [0.25, 0.3) is 6.08 Å². The molecular weight excluding hydrogens is 251 g/mol. The maximum atomic E-state index is 13.1. The Morgan fingerprint density at radius 1 is 1.57 bits per heavy atom. The van der Waals surface area contributed by atoms with Crippen LogP contribution < -0.4 is 0 Å². The molecule has 74 valence electrons. The molecule has 0 aliphatic rings. The molecule has 1 N–H and O–H groups in total. The molecule has 0 heterocycles. The average molecular weight is 259 g/mol. The number of carbonyl (C=O) groups is 1. The van der Waals surface area contributed by atoms with Gasteiger partial charge in [0.1, 0.15) is 5.82 Å². The van der Waals surface area contributed by atoms with Gasteiger partial charge in [0, 0.05) is 6.08 Å². The highest BCUT2D eigenvalue weighted by Crippen LogP contribution is 2.23. The van der Waals surface area contributed by atoms with Crippen molar-refractivity contribution in [3.8, 4) is 0 Å². The molecular formula is C10H8BrFO2. The minimum Gasteiger partial charge on any atom is -0.478 e. The highest BCUT2D eigenvalue weighted by Gasteiger charge is 2.04. The van der Waals surface area contributed by atoms with Crippen LogP contribution in [0, 0.1) is 12.7 Å². The molecule has 0 atom stereocenters. The summed E-state index contributed by atoms with van der Waals surface area (Å²) in [6.07, 6.45) is 2.32. The van der Waals surface area contributed by atoms with E-state index in [1.54, 1.807) is 13.0 Å². The van der Waals surface area contributed by atoms with Gasteiger partial charge in [-0.05, 0) is 46.1 Å². The summed E-state index contributed by atoms with van der Waals surface area (Å²) < 4.78 is 13.4. The zero-order valence-corrected chi connectivity index (χ0v) is 9.01. The molecule has 0 spiro atoms. The lowest BCUT2D eigenvalue weighted by Crippen LogP contribution is -1.89. The molecule has 0 aliphatic carbocycles. The monoisotopic (exact) mass is 258 g/mol. The van der Waals surface area contributed by atoms with Gasteiger partial charge in [-0.2, -0.15) is 0 Å². The summed E-state index contributed by atoms with van der Waals surface area (Å²) in [5.74, 6) is -1.45. The van der Waals surface area contributed by atoms with Crippen molar-refractivity contribution >= 4 is 28.0 Å². The lowest BCUT2D eigenvalue weighted by atomic mass is 10.1. The van der Waals surface area contributed by atoms with E-state index in [-0.39, 0.29) is 4.47 Å². The van der Waals surface area contributed by atoms with Gasteiger partial charge in [-0.15, -0.1) is 0 Å². The predicted octanol–water partition coefficient (Wildman–Crippen LogP) is 2.99. The van der Waals surface area contributed by atoms with E-state index in [1.807, 2.05) is 0 Å². The summed E-state index contributed by atoms with van der Waals surface area (Å²) in [6, 6.07) is 3.08. The van der Waals surface area contributed by atoms with E-state index in [2.05, 4.69) is 15.9 Å². The first-order valence-electron chi connectivity index (χ1n) is 3.87. The molecule has 1 rings (SSSR count). The SMILES string of the molecule is Cc1cc(F)c(Br)c(/C=C/C(=O)O)c1. The predicted molar refractivity (Wildman–Crippen MR) is 55.5 cm³/mol. The van der Waals surface area contributed by atoms with Crippen molar-refractivity contribution < 1.29 is 14.3 Å². The van der Waals surface area contributed by atoms with Crippen LogP contribution in [0.15, 0.2) is 22.7 Å². The minimum absolute atomic E-state index is 0.278. The highest BCUT2D eigenvalue weighted by atomic mass is 79.9. The first-order valence-corrected chi connectivity index (χ1v) is 4.66. The number of aliphatic carboxylic acids is 1. The van der Waals surface area contributed by atoms with E-state index >= 15 is 0 Å². The van der Waals surface area contributed by atoms with Crippen LogP contribution in [-0.4, -0.2) is 11.1 Å². The van der Waals surface area contributed by atoms with Crippen LogP contribution in [0.4, 0.5) is 4.39 Å². The van der Waals surface area contributed by atoms with Gasteiger partial charge in [0.15, 0.2) is 0 Å². The molecule has 0 aromatic heterocycles. The van der Waals surface area contributed by atoms with Gasteiger partial charge < -0.3 is 5.11 Å². The van der Waals surface area contributed by atoms with Gasteiger partial charge in [0.25, 0.3) is 0 Å². The van der Waals surface area contributed by atoms with Gasteiger partial charge in [0.2, 0.25) is 0 Å². The molecule has 1 aromatic carbocycles. The highest BCUT2D eigenvalue weighted by molar-refractivity contribution is 9.10. The maximum absolute atomic E-state index is 13.1. The topological polar surface area (TPSA) is 37.3 Å². The number of aryl methyl sites for hydroxylation is 1. The number of hydrogen-bond acceptors (Lipinski definition) is 1. The molecule has 14 heavy (non-hydrogen) atoms. The second-order valence-corrected chi connectivity index (χ2v) is 3.61.